The molecule has 1 saturated heterocycles. The van der Waals surface area contributed by atoms with Gasteiger partial charge in [0.1, 0.15) is 16.2 Å². The van der Waals surface area contributed by atoms with E-state index in [4.69, 9.17) is 9.47 Å². The third kappa shape index (κ3) is 4.15. The third-order valence-corrected chi connectivity index (χ3v) is 9.82. The number of Topliss-reactive ketones (excluding diaryl/α,β-unsaturated/α-hetero) is 1. The van der Waals surface area contributed by atoms with E-state index < -0.39 is 55.6 Å². The minimum absolute atomic E-state index is 0.0344. The molecule has 1 unspecified atom stereocenters. The van der Waals surface area contributed by atoms with Crippen molar-refractivity contribution in [2.24, 2.45) is 5.41 Å². The van der Waals surface area contributed by atoms with Gasteiger partial charge < -0.3 is 9.47 Å². The first kappa shape index (κ1) is 23.8. The maximum absolute atomic E-state index is 13.5. The number of fused-ring (bicyclic) bond motifs is 1. The summed E-state index contributed by atoms with van der Waals surface area (Å²) in [4.78, 5) is 38.6. The molecule has 0 N–H and O–H groups in total. The molecule has 1 aromatic rings. The van der Waals surface area contributed by atoms with E-state index in [-0.39, 0.29) is 11.3 Å². The van der Waals surface area contributed by atoms with E-state index in [0.717, 1.165) is 16.7 Å². The molecule has 0 radical (unpaired) electrons. The van der Waals surface area contributed by atoms with E-state index in [9.17, 15) is 22.8 Å². The lowest BCUT2D eigenvalue weighted by Crippen LogP contribution is -2.72. The lowest BCUT2D eigenvalue weighted by Gasteiger charge is -2.51. The van der Waals surface area contributed by atoms with Gasteiger partial charge >= 0.3 is 5.97 Å². The summed E-state index contributed by atoms with van der Waals surface area (Å²) in [5, 5.41) is 7.18. The van der Waals surface area contributed by atoms with Crippen molar-refractivity contribution < 1.29 is 32.3 Å². The Morgan fingerprint density at radius 3 is 2.39 bits per heavy atom. The van der Waals surface area contributed by atoms with Gasteiger partial charge in [0, 0.05) is 25.0 Å². The van der Waals surface area contributed by atoms with Crippen LogP contribution in [0.4, 0.5) is 0 Å². The number of hydrogen-bond acceptors (Lipinski definition) is 11. The summed E-state index contributed by atoms with van der Waals surface area (Å²) in [5.74, 6) is -1.70. The van der Waals surface area contributed by atoms with Crippen molar-refractivity contribution in [2.45, 2.75) is 55.0 Å². The van der Waals surface area contributed by atoms with Gasteiger partial charge in [-0.05, 0) is 6.92 Å². The molecule has 1 aromatic heterocycles. The van der Waals surface area contributed by atoms with E-state index >= 15 is 0 Å². The lowest BCUT2D eigenvalue weighted by atomic mass is 9.85. The van der Waals surface area contributed by atoms with Crippen LogP contribution in [-0.4, -0.2) is 71.0 Å². The van der Waals surface area contributed by atoms with Crippen LogP contribution in [0, 0.1) is 12.3 Å². The first-order chi connectivity index (χ1) is 14.3. The first-order valence-corrected chi connectivity index (χ1v) is 12.6. The van der Waals surface area contributed by atoms with Gasteiger partial charge in [0.25, 0.3) is 5.91 Å². The van der Waals surface area contributed by atoms with Crippen molar-refractivity contribution in [3.05, 3.63) is 16.3 Å². The molecule has 170 valence electrons. The van der Waals surface area contributed by atoms with E-state index in [1.807, 2.05) is 0 Å². The SMILES string of the molecule is CO[C@H]1C(=O)N2C(C(=O)C(C)(C)C)=C(COC(C)=O)C(Sc3nnc(C)s3)S(=O)(=O)[C@@H]12. The zero-order chi connectivity index (χ0) is 23.3. The van der Waals surface area contributed by atoms with Crippen LogP contribution >= 0.6 is 23.1 Å². The molecular formula is C18H23N3O7S3. The number of rotatable bonds is 6. The Labute approximate surface area is 188 Å². The number of nitrogens with zero attached hydrogens (tertiary/aromatic N) is 3. The average Bonchev–Trinajstić information content (AvgIpc) is 3.06. The molecule has 10 nitrogen and oxygen atoms in total. The molecule has 0 aromatic carbocycles. The summed E-state index contributed by atoms with van der Waals surface area (Å²) in [6.07, 6.45) is -1.22. The number of carbonyl (C=O) groups excluding carboxylic acids is 3. The van der Waals surface area contributed by atoms with E-state index in [1.54, 1.807) is 27.7 Å². The highest BCUT2D eigenvalue weighted by atomic mass is 32.3. The van der Waals surface area contributed by atoms with Gasteiger partial charge in [-0.3, -0.25) is 19.3 Å². The van der Waals surface area contributed by atoms with Crippen LogP contribution in [0.1, 0.15) is 32.7 Å². The predicted molar refractivity (Wildman–Crippen MR) is 113 cm³/mol. The van der Waals surface area contributed by atoms with Gasteiger partial charge in [0.15, 0.2) is 31.4 Å². The maximum atomic E-state index is 13.5. The first-order valence-electron chi connectivity index (χ1n) is 9.27. The molecule has 3 rings (SSSR count). The Hall–Kier alpha value is -1.83. The molecular weight excluding hydrogens is 466 g/mol. The van der Waals surface area contributed by atoms with Crippen LogP contribution in [0.3, 0.4) is 0 Å². The average molecular weight is 490 g/mol. The Morgan fingerprint density at radius 2 is 1.90 bits per heavy atom. The van der Waals surface area contributed by atoms with Crippen LogP contribution in [0.15, 0.2) is 15.6 Å². The number of thioether (sulfide) groups is 1. The van der Waals surface area contributed by atoms with Gasteiger partial charge in [0.2, 0.25) is 0 Å². The molecule has 1 amide bonds. The Balaban J connectivity index is 2.24. The number of allylic oxidation sites excluding steroid dienone is 1. The molecule has 0 aliphatic carbocycles. The molecule has 0 bridgehead atoms. The van der Waals surface area contributed by atoms with Crippen molar-refractivity contribution in [3.63, 3.8) is 0 Å². The molecule has 13 heteroatoms. The molecule has 0 spiro atoms. The van der Waals surface area contributed by atoms with Crippen molar-refractivity contribution >= 4 is 50.6 Å². The van der Waals surface area contributed by atoms with E-state index in [0.29, 0.717) is 9.35 Å². The predicted octanol–water partition coefficient (Wildman–Crippen LogP) is 1.31. The number of ether oxygens (including phenoxy) is 2. The number of β-lactam (4-membered cyclic amide) rings is 1. The number of aryl methyl sites for hydroxylation is 1. The monoisotopic (exact) mass is 489 g/mol. The van der Waals surface area contributed by atoms with Gasteiger partial charge in [0.05, 0.1) is 5.70 Å². The number of hydrogen-bond donors (Lipinski definition) is 0. The fourth-order valence-corrected chi connectivity index (χ4v) is 8.38. The minimum atomic E-state index is -4.08. The van der Waals surface area contributed by atoms with Crippen molar-refractivity contribution in [2.75, 3.05) is 13.7 Å². The van der Waals surface area contributed by atoms with Crippen LogP contribution < -0.4 is 0 Å². The molecule has 1 fully saturated rings. The Bertz CT molecular complexity index is 1070. The molecule has 3 atom stereocenters. The highest BCUT2D eigenvalue weighted by Crippen LogP contribution is 2.48. The number of sulfone groups is 1. The number of esters is 1. The van der Waals surface area contributed by atoms with Crippen LogP contribution in [0.5, 0.6) is 0 Å². The number of amides is 1. The maximum Gasteiger partial charge on any atom is 0.302 e. The Morgan fingerprint density at radius 1 is 1.26 bits per heavy atom. The zero-order valence-corrected chi connectivity index (χ0v) is 20.3. The van der Waals surface area contributed by atoms with Crippen LogP contribution in [-0.2, 0) is 33.7 Å². The summed E-state index contributed by atoms with van der Waals surface area (Å²) in [7, 11) is -2.83. The normalized spacial score (nSPS) is 25.2. The van der Waals surface area contributed by atoms with Gasteiger partial charge in [-0.2, -0.15) is 0 Å². The largest absolute Gasteiger partial charge is 0.461 e. The highest BCUT2D eigenvalue weighted by molar-refractivity contribution is 8.14. The van der Waals surface area contributed by atoms with Crippen molar-refractivity contribution in [1.82, 2.24) is 15.1 Å². The smallest absolute Gasteiger partial charge is 0.302 e. The third-order valence-electron chi connectivity index (χ3n) is 4.76. The quantitative estimate of drug-likeness (QED) is 0.425. The molecule has 3 heterocycles. The standard InChI is InChI=1S/C18H23N3O7S3/c1-8-19-20-17(29-8)30-16-10(7-28-9(2)22)11(13(23)18(3,4)5)21-14(24)12(27-6)15(21)31(16,25)26/h12,15-16H,7H2,1-6H3/t12-,15-,16?/m0/s1. The summed E-state index contributed by atoms with van der Waals surface area (Å²) in [6.45, 7) is 7.45. The second kappa shape index (κ2) is 8.26. The topological polar surface area (TPSA) is 133 Å². The summed E-state index contributed by atoms with van der Waals surface area (Å²) >= 11 is 2.10. The number of aromatic nitrogens is 2. The highest BCUT2D eigenvalue weighted by Gasteiger charge is 2.64. The zero-order valence-electron chi connectivity index (χ0n) is 17.9. The van der Waals surface area contributed by atoms with Gasteiger partial charge in [-0.15, -0.1) is 10.2 Å². The van der Waals surface area contributed by atoms with Crippen LogP contribution in [0.25, 0.3) is 0 Å². The lowest BCUT2D eigenvalue weighted by molar-refractivity contribution is -0.161. The number of carbonyl (C=O) groups is 3. The number of methoxy groups -OCH3 is 1. The van der Waals surface area contributed by atoms with Gasteiger partial charge in [-0.1, -0.05) is 43.9 Å². The molecule has 2 aliphatic heterocycles. The summed E-state index contributed by atoms with van der Waals surface area (Å²) in [5.41, 5.74) is -0.951. The second-order valence-electron chi connectivity index (χ2n) is 8.11. The summed E-state index contributed by atoms with van der Waals surface area (Å²) < 4.78 is 36.4. The fraction of sp³-hybridized carbons (Fsp3) is 0.611. The Kier molecular flexibility index (Phi) is 6.35. The minimum Gasteiger partial charge on any atom is -0.461 e. The molecule has 0 saturated carbocycles. The number of ketones is 1. The van der Waals surface area contributed by atoms with Gasteiger partial charge in [-0.25, -0.2) is 8.42 Å². The van der Waals surface area contributed by atoms with Crippen LogP contribution in [0.2, 0.25) is 0 Å². The molecule has 2 aliphatic rings. The summed E-state index contributed by atoms with van der Waals surface area (Å²) in [6, 6.07) is 0. The fourth-order valence-electron chi connectivity index (χ4n) is 3.28. The van der Waals surface area contributed by atoms with E-state index in [1.165, 1.54) is 25.4 Å². The van der Waals surface area contributed by atoms with Crippen molar-refractivity contribution in [1.29, 1.82) is 0 Å². The van der Waals surface area contributed by atoms with Crippen molar-refractivity contribution in [3.8, 4) is 0 Å². The second-order valence-corrected chi connectivity index (χ2v) is 13.1. The molecule has 31 heavy (non-hydrogen) atoms. The van der Waals surface area contributed by atoms with E-state index in [2.05, 4.69) is 10.2 Å².